The molecule has 0 saturated heterocycles. The van der Waals surface area contributed by atoms with Crippen LogP contribution in [0.25, 0.3) is 0 Å². The van der Waals surface area contributed by atoms with E-state index in [2.05, 4.69) is 0 Å². The number of anilines is 2. The molecule has 0 bridgehead atoms. The van der Waals surface area contributed by atoms with E-state index in [1.807, 2.05) is 86.6 Å². The molecular weight excluding hydrogens is 356 g/mol. The summed E-state index contributed by atoms with van der Waals surface area (Å²) in [6, 6.07) is 23.5. The van der Waals surface area contributed by atoms with Crippen molar-refractivity contribution in [2.24, 2.45) is 0 Å². The van der Waals surface area contributed by atoms with E-state index < -0.39 is 10.2 Å². The van der Waals surface area contributed by atoms with Gasteiger partial charge in [-0.25, -0.2) is 8.61 Å². The van der Waals surface area contributed by atoms with E-state index >= 15 is 0 Å². The van der Waals surface area contributed by atoms with Gasteiger partial charge in [0.05, 0.1) is 24.5 Å². The van der Waals surface area contributed by atoms with Crippen LogP contribution in [0.2, 0.25) is 0 Å². The monoisotopic (exact) mass is 378 g/mol. The number of para-hydroxylation sites is 2. The van der Waals surface area contributed by atoms with E-state index in [1.165, 1.54) is 8.61 Å². The Hall–Kier alpha value is -2.79. The average Bonchev–Trinajstić information content (AvgIpc) is 2.86. The number of hydrogen-bond donors (Lipinski definition) is 0. The molecule has 4 nitrogen and oxygen atoms in total. The van der Waals surface area contributed by atoms with Gasteiger partial charge in [-0.05, 0) is 37.1 Å². The standard InChI is InChI=1S/C22H22N2O2S/c1-17-7-11-19(12-8-17)15-23-21-5-3-4-6-22(21)24(27(23,25)26)16-20-13-9-18(2)10-14-20/h3-14H,15-16H2,1-2H3. The highest BCUT2D eigenvalue weighted by molar-refractivity contribution is 7.94. The second kappa shape index (κ2) is 6.74. The Labute approximate surface area is 160 Å². The Bertz CT molecular complexity index is 978. The van der Waals surface area contributed by atoms with Crippen LogP contribution in [0.1, 0.15) is 22.3 Å². The van der Waals surface area contributed by atoms with Crippen LogP contribution in [0.5, 0.6) is 0 Å². The topological polar surface area (TPSA) is 40.6 Å². The van der Waals surface area contributed by atoms with E-state index in [0.717, 1.165) is 33.6 Å². The highest BCUT2D eigenvalue weighted by Crippen LogP contribution is 2.42. The van der Waals surface area contributed by atoms with Crippen LogP contribution in [0.3, 0.4) is 0 Å². The van der Waals surface area contributed by atoms with E-state index in [-0.39, 0.29) is 0 Å². The van der Waals surface area contributed by atoms with Gasteiger partial charge in [0.2, 0.25) is 0 Å². The van der Waals surface area contributed by atoms with Crippen LogP contribution in [-0.4, -0.2) is 8.42 Å². The first-order valence-corrected chi connectivity index (χ1v) is 10.4. The highest BCUT2D eigenvalue weighted by Gasteiger charge is 2.39. The fourth-order valence-electron chi connectivity index (χ4n) is 3.31. The molecule has 0 radical (unpaired) electrons. The molecule has 1 heterocycles. The maximum Gasteiger partial charge on any atom is 0.327 e. The number of rotatable bonds is 4. The van der Waals surface area contributed by atoms with Crippen molar-refractivity contribution in [3.8, 4) is 0 Å². The molecule has 1 aliphatic heterocycles. The SMILES string of the molecule is Cc1ccc(CN2c3ccccc3N(Cc3ccc(C)cc3)S2(=O)=O)cc1. The number of aryl methyl sites for hydroxylation is 2. The molecule has 138 valence electrons. The van der Waals surface area contributed by atoms with Gasteiger partial charge in [0, 0.05) is 0 Å². The molecule has 0 saturated carbocycles. The Morgan fingerprint density at radius 3 is 1.37 bits per heavy atom. The van der Waals surface area contributed by atoms with Gasteiger partial charge in [0.15, 0.2) is 0 Å². The summed E-state index contributed by atoms with van der Waals surface area (Å²) in [5.41, 5.74) is 5.71. The molecule has 0 spiro atoms. The summed E-state index contributed by atoms with van der Waals surface area (Å²) in [6.45, 7) is 4.69. The van der Waals surface area contributed by atoms with E-state index in [0.29, 0.717) is 13.1 Å². The fraction of sp³-hybridized carbons (Fsp3) is 0.182. The lowest BCUT2D eigenvalue weighted by atomic mass is 10.1. The van der Waals surface area contributed by atoms with Crippen LogP contribution in [0.15, 0.2) is 72.8 Å². The van der Waals surface area contributed by atoms with Crippen LogP contribution >= 0.6 is 0 Å². The number of fused-ring (bicyclic) bond motifs is 1. The zero-order chi connectivity index (χ0) is 19.0. The Kier molecular flexibility index (Phi) is 4.40. The third kappa shape index (κ3) is 3.30. The molecule has 0 aliphatic carbocycles. The van der Waals surface area contributed by atoms with Gasteiger partial charge in [-0.2, -0.15) is 8.42 Å². The van der Waals surface area contributed by atoms with Gasteiger partial charge >= 0.3 is 10.2 Å². The summed E-state index contributed by atoms with van der Waals surface area (Å²) < 4.78 is 29.7. The largest absolute Gasteiger partial charge is 0.327 e. The lowest BCUT2D eigenvalue weighted by molar-refractivity contribution is 0.588. The zero-order valence-electron chi connectivity index (χ0n) is 15.5. The van der Waals surface area contributed by atoms with E-state index in [4.69, 9.17) is 0 Å². The van der Waals surface area contributed by atoms with Gasteiger partial charge in [-0.3, -0.25) is 0 Å². The second-order valence-corrected chi connectivity index (χ2v) is 8.76. The Balaban J connectivity index is 1.71. The van der Waals surface area contributed by atoms with Crippen molar-refractivity contribution in [1.29, 1.82) is 0 Å². The molecular formula is C22H22N2O2S. The molecule has 5 heteroatoms. The summed E-state index contributed by atoms with van der Waals surface area (Å²) in [5.74, 6) is 0. The summed E-state index contributed by atoms with van der Waals surface area (Å²) >= 11 is 0. The van der Waals surface area contributed by atoms with Gasteiger partial charge in [-0.1, -0.05) is 71.8 Å². The summed E-state index contributed by atoms with van der Waals surface area (Å²) in [5, 5.41) is 0. The lowest BCUT2D eigenvalue weighted by Gasteiger charge is -2.22. The van der Waals surface area contributed by atoms with Crippen molar-refractivity contribution in [3.05, 3.63) is 95.1 Å². The predicted octanol–water partition coefficient (Wildman–Crippen LogP) is 4.58. The normalized spacial score (nSPS) is 15.0. The number of benzene rings is 3. The van der Waals surface area contributed by atoms with Gasteiger partial charge in [-0.15, -0.1) is 0 Å². The smallest absolute Gasteiger partial charge is 0.247 e. The minimum atomic E-state index is -3.64. The average molecular weight is 378 g/mol. The molecule has 0 N–H and O–H groups in total. The minimum Gasteiger partial charge on any atom is -0.247 e. The van der Waals surface area contributed by atoms with Crippen LogP contribution in [-0.2, 0) is 23.3 Å². The first-order chi connectivity index (χ1) is 12.9. The minimum absolute atomic E-state index is 0.323. The highest BCUT2D eigenvalue weighted by atomic mass is 32.2. The van der Waals surface area contributed by atoms with Gasteiger partial charge < -0.3 is 0 Å². The van der Waals surface area contributed by atoms with Crippen molar-refractivity contribution in [1.82, 2.24) is 0 Å². The Morgan fingerprint density at radius 2 is 1.00 bits per heavy atom. The van der Waals surface area contributed by atoms with E-state index in [1.54, 1.807) is 0 Å². The quantitative estimate of drug-likeness (QED) is 0.667. The zero-order valence-corrected chi connectivity index (χ0v) is 16.3. The lowest BCUT2D eigenvalue weighted by Crippen LogP contribution is -2.37. The predicted molar refractivity (Wildman–Crippen MR) is 110 cm³/mol. The molecule has 4 rings (SSSR count). The summed E-state index contributed by atoms with van der Waals surface area (Å²) in [6.07, 6.45) is 0. The van der Waals surface area contributed by atoms with Crippen molar-refractivity contribution in [2.45, 2.75) is 26.9 Å². The molecule has 0 aromatic heterocycles. The second-order valence-electron chi connectivity index (χ2n) is 6.98. The maximum atomic E-state index is 13.3. The first kappa shape index (κ1) is 17.6. The van der Waals surface area contributed by atoms with Crippen molar-refractivity contribution < 1.29 is 8.42 Å². The third-order valence-corrected chi connectivity index (χ3v) is 6.64. The number of hydrogen-bond acceptors (Lipinski definition) is 2. The van der Waals surface area contributed by atoms with Crippen LogP contribution in [0.4, 0.5) is 11.4 Å². The maximum absolute atomic E-state index is 13.3. The summed E-state index contributed by atoms with van der Waals surface area (Å²) in [7, 11) is -3.64. The molecule has 1 aliphatic rings. The van der Waals surface area contributed by atoms with Crippen LogP contribution < -0.4 is 8.61 Å². The van der Waals surface area contributed by atoms with Gasteiger partial charge in [0.25, 0.3) is 0 Å². The van der Waals surface area contributed by atoms with Crippen molar-refractivity contribution in [2.75, 3.05) is 8.61 Å². The third-order valence-electron chi connectivity index (χ3n) is 4.87. The molecule has 0 atom stereocenters. The molecule has 0 unspecified atom stereocenters. The Morgan fingerprint density at radius 1 is 0.630 bits per heavy atom. The van der Waals surface area contributed by atoms with Crippen molar-refractivity contribution >= 4 is 21.6 Å². The van der Waals surface area contributed by atoms with Gasteiger partial charge in [0.1, 0.15) is 0 Å². The molecule has 0 amide bonds. The summed E-state index contributed by atoms with van der Waals surface area (Å²) in [4.78, 5) is 0. The van der Waals surface area contributed by atoms with Crippen LogP contribution in [0, 0.1) is 13.8 Å². The molecule has 3 aromatic carbocycles. The molecule has 0 fully saturated rings. The fourth-order valence-corrected chi connectivity index (χ4v) is 4.97. The van der Waals surface area contributed by atoms with Crippen molar-refractivity contribution in [3.63, 3.8) is 0 Å². The van der Waals surface area contributed by atoms with E-state index in [9.17, 15) is 8.42 Å². The molecule has 3 aromatic rings. The number of nitrogens with zero attached hydrogens (tertiary/aromatic N) is 2. The molecule has 27 heavy (non-hydrogen) atoms. The first-order valence-electron chi connectivity index (χ1n) is 8.96.